The van der Waals surface area contributed by atoms with Gasteiger partial charge in [0.1, 0.15) is 17.9 Å². The maximum atomic E-state index is 13.3. The number of nitrogens with zero attached hydrogens (tertiary/aromatic N) is 2. The third-order valence-electron chi connectivity index (χ3n) is 6.38. The number of hydrogen-bond donors (Lipinski definition) is 4. The summed E-state index contributed by atoms with van der Waals surface area (Å²) >= 11 is 0. The largest absolute Gasteiger partial charge is 0.453 e. The topological polar surface area (TPSA) is 146 Å². The predicted octanol–water partition coefficient (Wildman–Crippen LogP) is 1.81. The molecule has 2 rings (SSSR count). The van der Waals surface area contributed by atoms with E-state index in [2.05, 4.69) is 20.5 Å². The standard InChI is InChI=1S/C22H39N5O5/c1-22(2,3)12-16(25-21(30)32-4)20(29)27-11-5-6-17(27)19(28)24-13-14-7-9-15(10-8-14)18(23)26-31/h14-17,31H,5-13H2,1-4H3,(H2,23,26)(H,24,28)(H,25,30)/t14-,15-,16-,17+/m1/s1. The molecule has 0 spiro atoms. The summed E-state index contributed by atoms with van der Waals surface area (Å²) in [5.74, 6) is 0.307. The number of oxime groups is 1. The van der Waals surface area contributed by atoms with Gasteiger partial charge in [0.2, 0.25) is 11.8 Å². The Bertz CT molecular complexity index is 697. The highest BCUT2D eigenvalue weighted by Crippen LogP contribution is 2.29. The summed E-state index contributed by atoms with van der Waals surface area (Å²) in [7, 11) is 1.26. The van der Waals surface area contributed by atoms with Gasteiger partial charge in [-0.15, -0.1) is 0 Å². The molecule has 0 aromatic heterocycles. The number of carbonyl (C=O) groups excluding carboxylic acids is 3. The quantitative estimate of drug-likeness (QED) is 0.200. The van der Waals surface area contributed by atoms with Crippen molar-refractivity contribution in [3.05, 3.63) is 0 Å². The highest BCUT2D eigenvalue weighted by Gasteiger charge is 2.39. The molecule has 1 aliphatic heterocycles. The molecule has 2 atom stereocenters. The molecule has 5 N–H and O–H groups in total. The third kappa shape index (κ3) is 7.27. The van der Waals surface area contributed by atoms with Gasteiger partial charge in [-0.3, -0.25) is 9.59 Å². The molecule has 2 fully saturated rings. The van der Waals surface area contributed by atoms with Crippen LogP contribution in [0.5, 0.6) is 0 Å². The molecule has 0 bridgehead atoms. The van der Waals surface area contributed by atoms with Crippen molar-refractivity contribution in [1.29, 1.82) is 0 Å². The minimum Gasteiger partial charge on any atom is -0.453 e. The molecular formula is C22H39N5O5. The number of methoxy groups -OCH3 is 1. The molecule has 32 heavy (non-hydrogen) atoms. The molecule has 1 saturated heterocycles. The van der Waals surface area contributed by atoms with E-state index in [1.807, 2.05) is 20.8 Å². The van der Waals surface area contributed by atoms with E-state index >= 15 is 0 Å². The van der Waals surface area contributed by atoms with Gasteiger partial charge in [0, 0.05) is 19.0 Å². The number of rotatable bonds is 7. The monoisotopic (exact) mass is 453 g/mol. The van der Waals surface area contributed by atoms with Gasteiger partial charge in [0.05, 0.1) is 7.11 Å². The first kappa shape index (κ1) is 25.7. The molecule has 0 aromatic carbocycles. The Labute approximate surface area is 190 Å². The Morgan fingerprint density at radius 1 is 1.19 bits per heavy atom. The van der Waals surface area contributed by atoms with Crippen LogP contribution in [-0.2, 0) is 14.3 Å². The van der Waals surface area contributed by atoms with Crippen molar-refractivity contribution in [2.24, 2.45) is 28.1 Å². The molecule has 0 radical (unpaired) electrons. The molecule has 3 amide bonds. The maximum absolute atomic E-state index is 13.3. The van der Waals surface area contributed by atoms with Crippen LogP contribution in [0.2, 0.25) is 0 Å². The van der Waals surface area contributed by atoms with Crippen LogP contribution in [0.25, 0.3) is 0 Å². The van der Waals surface area contributed by atoms with Crippen molar-refractivity contribution >= 4 is 23.7 Å². The second-order valence-corrected chi connectivity index (χ2v) is 10.1. The number of nitrogens with two attached hydrogens (primary N) is 1. The summed E-state index contributed by atoms with van der Waals surface area (Å²) in [6.07, 6.45) is 4.58. The number of alkyl carbamates (subject to hydrolysis) is 1. The molecular weight excluding hydrogens is 414 g/mol. The maximum Gasteiger partial charge on any atom is 0.407 e. The van der Waals surface area contributed by atoms with Crippen molar-refractivity contribution in [3.8, 4) is 0 Å². The second-order valence-electron chi connectivity index (χ2n) is 10.1. The zero-order chi connectivity index (χ0) is 23.9. The van der Waals surface area contributed by atoms with Crippen LogP contribution in [0.1, 0.15) is 65.7 Å². The lowest BCUT2D eigenvalue weighted by molar-refractivity contribution is -0.140. The molecule has 1 heterocycles. The lowest BCUT2D eigenvalue weighted by atomic mass is 9.81. The Balaban J connectivity index is 1.94. The number of amidine groups is 1. The van der Waals surface area contributed by atoms with Crippen molar-refractivity contribution in [2.45, 2.75) is 77.8 Å². The van der Waals surface area contributed by atoms with Gasteiger partial charge in [-0.25, -0.2) is 4.79 Å². The summed E-state index contributed by atoms with van der Waals surface area (Å²) in [5, 5.41) is 17.6. The van der Waals surface area contributed by atoms with Gasteiger partial charge in [-0.1, -0.05) is 25.9 Å². The normalized spacial score (nSPS) is 25.2. The van der Waals surface area contributed by atoms with Crippen molar-refractivity contribution in [3.63, 3.8) is 0 Å². The van der Waals surface area contributed by atoms with Crippen LogP contribution in [0, 0.1) is 17.3 Å². The minimum atomic E-state index is -0.746. The highest BCUT2D eigenvalue weighted by molar-refractivity contribution is 5.91. The predicted molar refractivity (Wildman–Crippen MR) is 120 cm³/mol. The van der Waals surface area contributed by atoms with Gasteiger partial charge < -0.3 is 31.2 Å². The smallest absolute Gasteiger partial charge is 0.407 e. The first-order valence-corrected chi connectivity index (χ1v) is 11.5. The van der Waals surface area contributed by atoms with Crippen LogP contribution < -0.4 is 16.4 Å². The molecule has 2 aliphatic rings. The van der Waals surface area contributed by atoms with Gasteiger partial charge >= 0.3 is 6.09 Å². The Hall–Kier alpha value is -2.52. The van der Waals surface area contributed by atoms with Crippen molar-refractivity contribution in [2.75, 3.05) is 20.2 Å². The number of amides is 3. The van der Waals surface area contributed by atoms with Gasteiger partial charge in [0.15, 0.2) is 0 Å². The second kappa shape index (κ2) is 11.4. The Morgan fingerprint density at radius 2 is 1.84 bits per heavy atom. The summed E-state index contributed by atoms with van der Waals surface area (Å²) in [6.45, 7) is 7.02. The van der Waals surface area contributed by atoms with E-state index in [1.54, 1.807) is 4.90 Å². The Kier molecular flexibility index (Phi) is 9.15. The molecule has 0 unspecified atom stereocenters. The average molecular weight is 454 g/mol. The van der Waals surface area contributed by atoms with E-state index in [4.69, 9.17) is 10.9 Å². The SMILES string of the molecule is COC(=O)N[C@H](CC(C)(C)C)C(=O)N1CCC[C@H]1C(=O)NC[C@H]1CC[C@H](C(N)=NO)CC1. The molecule has 1 saturated carbocycles. The number of nitrogens with one attached hydrogen (secondary N) is 2. The van der Waals surface area contributed by atoms with Gasteiger partial charge in [0.25, 0.3) is 0 Å². The van der Waals surface area contributed by atoms with E-state index in [-0.39, 0.29) is 29.0 Å². The highest BCUT2D eigenvalue weighted by atomic mass is 16.5. The van der Waals surface area contributed by atoms with E-state index in [9.17, 15) is 14.4 Å². The van der Waals surface area contributed by atoms with Crippen LogP contribution in [0.15, 0.2) is 5.16 Å². The number of likely N-dealkylation sites (tertiary alicyclic amines) is 1. The molecule has 10 heteroatoms. The fraction of sp³-hybridized carbons (Fsp3) is 0.818. The first-order chi connectivity index (χ1) is 15.1. The zero-order valence-electron chi connectivity index (χ0n) is 19.7. The molecule has 1 aliphatic carbocycles. The lowest BCUT2D eigenvalue weighted by Gasteiger charge is -2.32. The summed E-state index contributed by atoms with van der Waals surface area (Å²) in [5.41, 5.74) is 5.51. The summed E-state index contributed by atoms with van der Waals surface area (Å²) in [4.78, 5) is 39.6. The van der Waals surface area contributed by atoms with Crippen LogP contribution >= 0.6 is 0 Å². The average Bonchev–Trinajstić information content (AvgIpc) is 3.25. The van der Waals surface area contributed by atoms with Crippen LogP contribution in [0.3, 0.4) is 0 Å². The van der Waals surface area contributed by atoms with Gasteiger partial charge in [-0.05, 0) is 56.3 Å². The van der Waals surface area contributed by atoms with Gasteiger partial charge in [-0.2, -0.15) is 0 Å². The number of hydrogen-bond acceptors (Lipinski definition) is 6. The van der Waals surface area contributed by atoms with E-state index in [0.29, 0.717) is 31.8 Å². The first-order valence-electron chi connectivity index (χ1n) is 11.5. The van der Waals surface area contributed by atoms with Crippen molar-refractivity contribution < 1.29 is 24.3 Å². The summed E-state index contributed by atoms with van der Waals surface area (Å²) < 4.78 is 4.69. The Morgan fingerprint density at radius 3 is 2.41 bits per heavy atom. The number of carbonyl (C=O) groups is 3. The van der Waals surface area contributed by atoms with Crippen LogP contribution in [-0.4, -0.2) is 66.1 Å². The third-order valence-corrected chi connectivity index (χ3v) is 6.38. The minimum absolute atomic E-state index is 0.0944. The molecule has 0 aromatic rings. The van der Waals surface area contributed by atoms with E-state index < -0.39 is 18.2 Å². The lowest BCUT2D eigenvalue weighted by Crippen LogP contribution is -2.54. The number of ether oxygens (including phenoxy) is 1. The summed E-state index contributed by atoms with van der Waals surface area (Å²) in [6, 6.07) is -1.28. The van der Waals surface area contributed by atoms with Crippen LogP contribution in [0.4, 0.5) is 4.79 Å². The molecule has 10 nitrogen and oxygen atoms in total. The fourth-order valence-electron chi connectivity index (χ4n) is 4.62. The molecule has 182 valence electrons. The van der Waals surface area contributed by atoms with Crippen molar-refractivity contribution in [1.82, 2.24) is 15.5 Å². The van der Waals surface area contributed by atoms with E-state index in [1.165, 1.54) is 7.11 Å². The van der Waals surface area contributed by atoms with E-state index in [0.717, 1.165) is 32.1 Å². The zero-order valence-corrected chi connectivity index (χ0v) is 19.7. The fourth-order valence-corrected chi connectivity index (χ4v) is 4.62.